The highest BCUT2D eigenvalue weighted by Crippen LogP contribution is 2.66. The zero-order chi connectivity index (χ0) is 41.6. The van der Waals surface area contributed by atoms with Crippen molar-refractivity contribution in [3.05, 3.63) is 0 Å². The lowest BCUT2D eigenvalue weighted by Gasteiger charge is -2.45. The summed E-state index contributed by atoms with van der Waals surface area (Å²) in [6.07, 6.45) is -41.8. The van der Waals surface area contributed by atoms with Gasteiger partial charge in [0.1, 0.15) is 0 Å². The number of hydrogen-bond acceptors (Lipinski definition) is 3. The molecule has 0 radical (unpaired) electrons. The maximum absolute atomic E-state index is 13.9. The summed E-state index contributed by atoms with van der Waals surface area (Å²) in [7, 11) is -10.8. The van der Waals surface area contributed by atoms with Crippen LogP contribution in [0, 0.1) is 0 Å². The van der Waals surface area contributed by atoms with Crippen molar-refractivity contribution in [2.24, 2.45) is 0 Å². The summed E-state index contributed by atoms with van der Waals surface area (Å²) in [5, 5.41) is 0. The molecule has 36 heteroatoms. The molecule has 0 aromatic heterocycles. The average Bonchev–Trinajstić information content (AvgIpc) is 2.78. The summed E-state index contributed by atoms with van der Waals surface area (Å²) in [5.74, 6) is -77.3. The highest BCUT2D eigenvalue weighted by Gasteiger charge is 2.99. The van der Waals surface area contributed by atoms with E-state index in [1.54, 1.807) is 0 Å². The van der Waals surface area contributed by atoms with E-state index in [9.17, 15) is 140 Å². The largest absolute Gasteiger partial charge is 0.603 e. The second-order valence-corrected chi connectivity index (χ2v) is 10.8. The van der Waals surface area contributed by atoms with Crippen LogP contribution in [0.15, 0.2) is 0 Å². The van der Waals surface area contributed by atoms with E-state index in [-0.39, 0.29) is 0 Å². The molecule has 302 valence electrons. The van der Waals surface area contributed by atoms with Crippen LogP contribution in [0.5, 0.6) is 0 Å². The minimum atomic E-state index is -10.8. The van der Waals surface area contributed by atoms with Crippen molar-refractivity contribution in [1.82, 2.24) is 0 Å². The molecule has 0 saturated heterocycles. The number of rotatable bonds is 13. The lowest BCUT2D eigenvalue weighted by molar-refractivity contribution is -0.484. The minimum Gasteiger partial charge on any atom is -0.304 e. The Morgan fingerprint density at radius 3 is 0.660 bits per heavy atom. The molecular formula is C14F32O3Si. The second kappa shape index (κ2) is 11.9. The first-order valence-corrected chi connectivity index (χ1v) is 11.7. The van der Waals surface area contributed by atoms with Gasteiger partial charge in [-0.25, -0.2) is 0 Å². The predicted octanol–water partition coefficient (Wildman–Crippen LogP) is 9.99. The first kappa shape index (κ1) is 47.9. The van der Waals surface area contributed by atoms with E-state index >= 15 is 0 Å². The molecule has 0 amide bonds. The van der Waals surface area contributed by atoms with Crippen LogP contribution in [0.25, 0.3) is 0 Å². The van der Waals surface area contributed by atoms with Crippen molar-refractivity contribution in [1.29, 1.82) is 0 Å². The van der Waals surface area contributed by atoms with E-state index in [0.717, 1.165) is 4.43 Å². The first-order chi connectivity index (χ1) is 20.9. The third-order valence-corrected chi connectivity index (χ3v) is 7.56. The standard InChI is InChI=1S/C14F32O3Si/c15-1(16,3(19,20)5(23,24)7(27,28)9(31,32)33)2(17,18)4(21,22)6(25,26)8(29,30)11(37,38)47-50(48-13(41,42)43,49-14(44,45)46)12(39,40)10(34,35)36. The Balaban J connectivity index is 7.81. The van der Waals surface area contributed by atoms with Crippen LogP contribution in [-0.4, -0.2) is 92.9 Å². The molecule has 0 rings (SSSR count). The van der Waals surface area contributed by atoms with Crippen LogP contribution < -0.4 is 0 Å². The lowest BCUT2D eigenvalue weighted by Crippen LogP contribution is -2.78. The fourth-order valence-corrected chi connectivity index (χ4v) is 4.44. The molecule has 0 spiro atoms. The van der Waals surface area contributed by atoms with Crippen LogP contribution >= 0.6 is 0 Å². The molecule has 0 heterocycles. The van der Waals surface area contributed by atoms with Gasteiger partial charge in [0.15, 0.2) is 0 Å². The smallest absolute Gasteiger partial charge is 0.304 e. The molecule has 0 unspecified atom stereocenters. The zero-order valence-corrected chi connectivity index (χ0v) is 21.8. The van der Waals surface area contributed by atoms with Crippen LogP contribution in [0.4, 0.5) is 140 Å². The Hall–Kier alpha value is -2.14. The molecule has 0 aromatic rings. The molecule has 0 atom stereocenters. The van der Waals surface area contributed by atoms with E-state index in [0.29, 0.717) is 0 Å². The van der Waals surface area contributed by atoms with Gasteiger partial charge in [-0.2, -0.15) is 114 Å². The van der Waals surface area contributed by atoms with Gasteiger partial charge in [-0.3, -0.25) is 8.85 Å². The third-order valence-electron chi connectivity index (χ3n) is 4.99. The molecule has 0 saturated carbocycles. The molecule has 0 N–H and O–H groups in total. The van der Waals surface area contributed by atoms with Crippen molar-refractivity contribution in [3.8, 4) is 0 Å². The van der Waals surface area contributed by atoms with E-state index < -0.39 is 92.9 Å². The number of halogens is 32. The molecular weight excluding hydrogens is 852 g/mol. The zero-order valence-electron chi connectivity index (χ0n) is 20.8. The van der Waals surface area contributed by atoms with Gasteiger partial charge in [0.05, 0.1) is 0 Å². The van der Waals surface area contributed by atoms with Crippen LogP contribution in [0.1, 0.15) is 0 Å². The topological polar surface area (TPSA) is 27.7 Å². The maximum atomic E-state index is 13.9. The Labute approximate surface area is 248 Å². The maximum Gasteiger partial charge on any atom is 0.603 e. The minimum absolute atomic E-state index is 1.08. The summed E-state index contributed by atoms with van der Waals surface area (Å²) in [5.41, 5.74) is -8.70. The Morgan fingerprint density at radius 1 is 0.240 bits per heavy atom. The summed E-state index contributed by atoms with van der Waals surface area (Å²) < 4.78 is 423. The van der Waals surface area contributed by atoms with E-state index in [4.69, 9.17) is 0 Å². The second-order valence-electron chi connectivity index (χ2n) is 8.44. The fraction of sp³-hybridized carbons (Fsp3) is 1.00. The van der Waals surface area contributed by atoms with Gasteiger partial charge in [-0.15, -0.1) is 26.3 Å². The van der Waals surface area contributed by atoms with Crippen molar-refractivity contribution in [3.63, 3.8) is 0 Å². The molecule has 0 aliphatic rings. The normalized spacial score (nSPS) is 17.0. The monoisotopic (exact) mass is 852 g/mol. The average molecular weight is 852 g/mol. The lowest BCUT2D eigenvalue weighted by atomic mass is 9.87. The summed E-state index contributed by atoms with van der Waals surface area (Å²) in [6, 6.07) is 0. The van der Waals surface area contributed by atoms with Crippen LogP contribution in [0.2, 0.25) is 0 Å². The summed E-state index contributed by atoms with van der Waals surface area (Å²) >= 11 is 0. The molecule has 0 aliphatic heterocycles. The van der Waals surface area contributed by atoms with Crippen molar-refractivity contribution >= 4 is 8.80 Å². The molecule has 0 fully saturated rings. The SMILES string of the molecule is FC(F)(F)O[Si](OC(F)(F)F)(OC(F)(F)C(F)(F)C(F)(F)C(F)(F)C(F)(F)C(F)(F)C(F)(F)C(F)(F)C(F)(F)C(F)(F)F)C(F)(F)C(F)(F)F. The van der Waals surface area contributed by atoms with Crippen molar-refractivity contribution < 1.29 is 154 Å². The van der Waals surface area contributed by atoms with Gasteiger partial charge in [0, 0.05) is 0 Å². The molecule has 0 aromatic carbocycles. The van der Waals surface area contributed by atoms with Gasteiger partial charge in [-0.1, -0.05) is 0 Å². The van der Waals surface area contributed by atoms with E-state index in [1.165, 1.54) is 8.85 Å². The van der Waals surface area contributed by atoms with E-state index in [1.807, 2.05) is 0 Å². The van der Waals surface area contributed by atoms with Gasteiger partial charge >= 0.3 is 92.9 Å². The molecule has 3 nitrogen and oxygen atoms in total. The van der Waals surface area contributed by atoms with Crippen molar-refractivity contribution in [2.45, 2.75) is 84.1 Å². The third kappa shape index (κ3) is 6.99. The van der Waals surface area contributed by atoms with Crippen LogP contribution in [-0.2, 0) is 13.3 Å². The molecule has 0 bridgehead atoms. The quantitative estimate of drug-likeness (QED) is 0.137. The summed E-state index contributed by atoms with van der Waals surface area (Å²) in [4.78, 5) is 0. The Morgan fingerprint density at radius 2 is 0.460 bits per heavy atom. The Bertz CT molecular complexity index is 1180. The van der Waals surface area contributed by atoms with Gasteiger partial charge in [-0.05, 0) is 0 Å². The number of hydrogen-bond donors (Lipinski definition) is 0. The van der Waals surface area contributed by atoms with Gasteiger partial charge in [0.2, 0.25) is 0 Å². The predicted molar refractivity (Wildman–Crippen MR) is 82.7 cm³/mol. The highest BCUT2D eigenvalue weighted by atomic mass is 28.4. The van der Waals surface area contributed by atoms with Crippen molar-refractivity contribution in [2.75, 3.05) is 0 Å². The first-order valence-electron chi connectivity index (χ1n) is 10.0. The highest BCUT2D eigenvalue weighted by molar-refractivity contribution is 6.64. The fourth-order valence-electron chi connectivity index (χ4n) is 2.51. The van der Waals surface area contributed by atoms with Gasteiger partial charge < -0.3 is 4.43 Å². The Kier molecular flexibility index (Phi) is 11.4. The van der Waals surface area contributed by atoms with Gasteiger partial charge in [0.25, 0.3) is 0 Å². The number of alkyl halides is 32. The summed E-state index contributed by atoms with van der Waals surface area (Å²) in [6.45, 7) is 0. The van der Waals surface area contributed by atoms with Crippen LogP contribution in [0.3, 0.4) is 0 Å². The van der Waals surface area contributed by atoms with E-state index in [2.05, 4.69) is 0 Å². The molecule has 0 aliphatic carbocycles. The molecule has 50 heavy (non-hydrogen) atoms.